The van der Waals surface area contributed by atoms with Gasteiger partial charge in [-0.1, -0.05) is 13.8 Å². The molecular weight excluding hydrogens is 208 g/mol. The van der Waals surface area contributed by atoms with Gasteiger partial charge in [0.15, 0.2) is 0 Å². The maximum atomic E-state index is 3.69. The van der Waals surface area contributed by atoms with Gasteiger partial charge in [-0.05, 0) is 48.9 Å². The Morgan fingerprint density at radius 2 is 1.82 bits per heavy atom. The maximum absolute atomic E-state index is 3.69. The van der Waals surface area contributed by atoms with E-state index in [4.69, 9.17) is 0 Å². The van der Waals surface area contributed by atoms with Gasteiger partial charge in [-0.25, -0.2) is 0 Å². The van der Waals surface area contributed by atoms with Crippen LogP contribution in [0, 0.1) is 29.6 Å². The van der Waals surface area contributed by atoms with E-state index in [9.17, 15) is 0 Å². The summed E-state index contributed by atoms with van der Waals surface area (Å²) < 4.78 is 0. The predicted molar refractivity (Wildman–Crippen MR) is 69.8 cm³/mol. The van der Waals surface area contributed by atoms with E-state index in [1.807, 2.05) is 0 Å². The molecule has 5 unspecified atom stereocenters. The first-order valence-electron chi connectivity index (χ1n) is 7.73. The van der Waals surface area contributed by atoms with Crippen molar-refractivity contribution < 1.29 is 0 Å². The molecule has 5 atom stereocenters. The van der Waals surface area contributed by atoms with Crippen molar-refractivity contribution in [3.63, 3.8) is 0 Å². The van der Waals surface area contributed by atoms with Crippen molar-refractivity contribution in [1.29, 1.82) is 0 Å². The van der Waals surface area contributed by atoms with Crippen molar-refractivity contribution >= 4 is 0 Å². The normalized spacial score (nSPS) is 53.1. The first-order chi connectivity index (χ1) is 8.25. The molecule has 2 bridgehead atoms. The standard InChI is InChI=1S/C15H26N2/c1-9(2)12-8-17(6-5-16-12)15-13-10-3-4-11(7-10)14(13)15/h9-16H,3-8H2,1-2H3. The fourth-order valence-electron chi connectivity index (χ4n) is 5.29. The van der Waals surface area contributed by atoms with E-state index in [-0.39, 0.29) is 0 Å². The number of fused-ring (bicyclic) bond motifs is 5. The van der Waals surface area contributed by atoms with Gasteiger partial charge in [0, 0.05) is 31.7 Å². The zero-order valence-corrected chi connectivity index (χ0v) is 11.2. The fourth-order valence-corrected chi connectivity index (χ4v) is 5.29. The van der Waals surface area contributed by atoms with Crippen molar-refractivity contribution in [3.8, 4) is 0 Å². The molecule has 1 aliphatic heterocycles. The average molecular weight is 234 g/mol. The minimum atomic E-state index is 0.739. The highest BCUT2D eigenvalue weighted by Gasteiger charge is 2.66. The highest BCUT2D eigenvalue weighted by molar-refractivity contribution is 5.17. The maximum Gasteiger partial charge on any atom is 0.0218 e. The number of hydrogen-bond donors (Lipinski definition) is 1. The molecule has 3 aliphatic carbocycles. The van der Waals surface area contributed by atoms with Gasteiger partial charge in [-0.2, -0.15) is 0 Å². The van der Waals surface area contributed by atoms with Crippen molar-refractivity contribution in [2.45, 2.75) is 45.2 Å². The van der Waals surface area contributed by atoms with Crippen LogP contribution in [0.3, 0.4) is 0 Å². The quantitative estimate of drug-likeness (QED) is 0.786. The van der Waals surface area contributed by atoms with E-state index in [1.165, 1.54) is 19.6 Å². The van der Waals surface area contributed by atoms with Crippen LogP contribution in [0.25, 0.3) is 0 Å². The molecule has 0 amide bonds. The van der Waals surface area contributed by atoms with Crippen LogP contribution in [0.4, 0.5) is 0 Å². The third-order valence-electron chi connectivity index (χ3n) is 6.16. The molecule has 0 aromatic carbocycles. The predicted octanol–water partition coefficient (Wildman–Crippen LogP) is 1.96. The molecule has 17 heavy (non-hydrogen) atoms. The van der Waals surface area contributed by atoms with Gasteiger partial charge in [-0.15, -0.1) is 0 Å². The van der Waals surface area contributed by atoms with Crippen LogP contribution >= 0.6 is 0 Å². The van der Waals surface area contributed by atoms with Crippen molar-refractivity contribution in [2.24, 2.45) is 29.6 Å². The molecule has 4 fully saturated rings. The van der Waals surface area contributed by atoms with Crippen LogP contribution in [0.15, 0.2) is 0 Å². The van der Waals surface area contributed by atoms with Gasteiger partial charge in [0.05, 0.1) is 0 Å². The topological polar surface area (TPSA) is 15.3 Å². The molecule has 4 rings (SSSR count). The van der Waals surface area contributed by atoms with Crippen LogP contribution in [-0.2, 0) is 0 Å². The second-order valence-electron chi connectivity index (χ2n) is 7.28. The van der Waals surface area contributed by atoms with Gasteiger partial charge in [-0.3, -0.25) is 4.90 Å². The summed E-state index contributed by atoms with van der Waals surface area (Å²) in [6, 6.07) is 1.74. The van der Waals surface area contributed by atoms with Crippen LogP contribution in [0.5, 0.6) is 0 Å². The van der Waals surface area contributed by atoms with Crippen LogP contribution in [0.1, 0.15) is 33.1 Å². The van der Waals surface area contributed by atoms with Gasteiger partial charge >= 0.3 is 0 Å². The minimum absolute atomic E-state index is 0.739. The first-order valence-corrected chi connectivity index (χ1v) is 7.73. The second-order valence-corrected chi connectivity index (χ2v) is 7.28. The van der Waals surface area contributed by atoms with E-state index in [0.29, 0.717) is 0 Å². The van der Waals surface area contributed by atoms with E-state index in [1.54, 1.807) is 19.3 Å². The number of nitrogens with zero attached hydrogens (tertiary/aromatic N) is 1. The Morgan fingerprint density at radius 1 is 1.12 bits per heavy atom. The average Bonchev–Trinajstić information content (AvgIpc) is 2.78. The lowest BCUT2D eigenvalue weighted by Crippen LogP contribution is -2.54. The lowest BCUT2D eigenvalue weighted by atomic mass is 10.00. The zero-order chi connectivity index (χ0) is 11.6. The number of piperazine rings is 1. The van der Waals surface area contributed by atoms with E-state index in [2.05, 4.69) is 24.1 Å². The Hall–Kier alpha value is -0.0800. The van der Waals surface area contributed by atoms with Gasteiger partial charge in [0.25, 0.3) is 0 Å². The Kier molecular flexibility index (Phi) is 2.36. The highest BCUT2D eigenvalue weighted by Crippen LogP contribution is 2.67. The second kappa shape index (κ2) is 3.71. The molecule has 1 saturated heterocycles. The van der Waals surface area contributed by atoms with E-state index >= 15 is 0 Å². The molecule has 4 aliphatic rings. The minimum Gasteiger partial charge on any atom is -0.311 e. The molecule has 1 heterocycles. The molecule has 0 aromatic heterocycles. The Balaban J connectivity index is 1.44. The van der Waals surface area contributed by atoms with Crippen molar-refractivity contribution in [2.75, 3.05) is 19.6 Å². The molecule has 1 N–H and O–H groups in total. The molecule has 2 heteroatoms. The number of hydrogen-bond acceptors (Lipinski definition) is 2. The van der Waals surface area contributed by atoms with Crippen LogP contribution in [0.2, 0.25) is 0 Å². The van der Waals surface area contributed by atoms with E-state index in [0.717, 1.165) is 41.7 Å². The van der Waals surface area contributed by atoms with Gasteiger partial charge in [0.1, 0.15) is 0 Å². The number of nitrogens with one attached hydrogen (secondary N) is 1. The van der Waals surface area contributed by atoms with Crippen LogP contribution in [-0.4, -0.2) is 36.6 Å². The third kappa shape index (κ3) is 1.53. The summed E-state index contributed by atoms with van der Waals surface area (Å²) in [5, 5.41) is 3.69. The van der Waals surface area contributed by atoms with E-state index < -0.39 is 0 Å². The van der Waals surface area contributed by atoms with Crippen molar-refractivity contribution in [1.82, 2.24) is 10.2 Å². The molecular formula is C15H26N2. The van der Waals surface area contributed by atoms with Crippen molar-refractivity contribution in [3.05, 3.63) is 0 Å². The molecule has 3 saturated carbocycles. The summed E-state index contributed by atoms with van der Waals surface area (Å²) in [6.07, 6.45) is 4.70. The summed E-state index contributed by atoms with van der Waals surface area (Å²) in [6.45, 7) is 8.56. The summed E-state index contributed by atoms with van der Waals surface area (Å²) >= 11 is 0. The Morgan fingerprint density at radius 3 is 2.47 bits per heavy atom. The monoisotopic (exact) mass is 234 g/mol. The molecule has 0 radical (unpaired) electrons. The lowest BCUT2D eigenvalue weighted by molar-refractivity contribution is 0.145. The molecule has 0 aromatic rings. The summed E-state index contributed by atoms with van der Waals surface area (Å²) in [5.41, 5.74) is 0. The summed E-state index contributed by atoms with van der Waals surface area (Å²) in [7, 11) is 0. The molecule has 2 nitrogen and oxygen atoms in total. The zero-order valence-electron chi connectivity index (χ0n) is 11.2. The Bertz CT molecular complexity index is 298. The third-order valence-corrected chi connectivity index (χ3v) is 6.16. The van der Waals surface area contributed by atoms with Gasteiger partial charge in [0.2, 0.25) is 0 Å². The molecule has 96 valence electrons. The van der Waals surface area contributed by atoms with Gasteiger partial charge < -0.3 is 5.32 Å². The first kappa shape index (κ1) is 10.8. The largest absolute Gasteiger partial charge is 0.311 e. The highest BCUT2D eigenvalue weighted by atomic mass is 15.3. The summed E-state index contributed by atoms with van der Waals surface area (Å²) in [5.74, 6) is 5.29. The van der Waals surface area contributed by atoms with Crippen LogP contribution < -0.4 is 5.32 Å². The smallest absolute Gasteiger partial charge is 0.0218 e. The Labute approximate surface area is 105 Å². The molecule has 0 spiro atoms. The fraction of sp³-hybridized carbons (Fsp3) is 1.00. The lowest BCUT2D eigenvalue weighted by Gasteiger charge is -2.37. The SMILES string of the molecule is CC(C)C1CN(C2C3C4CCC(C4)C32)CCN1. The summed E-state index contributed by atoms with van der Waals surface area (Å²) in [4.78, 5) is 2.85. The number of rotatable bonds is 2.